The minimum Gasteiger partial charge on any atom is -0.483 e. The maximum atomic E-state index is 8.36. The summed E-state index contributed by atoms with van der Waals surface area (Å²) in [6.45, 7) is 8.72. The van der Waals surface area contributed by atoms with Gasteiger partial charge in [0.05, 0.1) is 11.9 Å². The van der Waals surface area contributed by atoms with Crippen molar-refractivity contribution in [3.05, 3.63) is 47.2 Å². The van der Waals surface area contributed by atoms with Crippen molar-refractivity contribution in [2.24, 2.45) is 0 Å². The Balaban J connectivity index is 0.000000701. The summed E-state index contributed by atoms with van der Waals surface area (Å²) in [5, 5.41) is 15.3. The molecule has 1 N–H and O–H groups in total. The second kappa shape index (κ2) is 9.28. The molecule has 5 heteroatoms. The lowest BCUT2D eigenvalue weighted by Crippen LogP contribution is -2.32. The van der Waals surface area contributed by atoms with Crippen LogP contribution in [0.4, 0.5) is 0 Å². The Morgan fingerprint density at radius 1 is 1.12 bits per heavy atom. The molecule has 1 saturated heterocycles. The molecule has 1 aliphatic rings. The number of piperidine rings is 1. The van der Waals surface area contributed by atoms with Crippen LogP contribution in [0.25, 0.3) is 11.3 Å². The number of rotatable bonds is 3. The number of benzene rings is 1. The van der Waals surface area contributed by atoms with Crippen LogP contribution >= 0.6 is 0 Å². The van der Waals surface area contributed by atoms with Crippen LogP contribution in [0.3, 0.4) is 0 Å². The number of hydrogen-bond acceptors (Lipinski definition) is 4. The predicted molar refractivity (Wildman–Crippen MR) is 99.5 cm³/mol. The molecule has 1 fully saturated rings. The predicted octanol–water partition coefficient (Wildman–Crippen LogP) is 4.01. The third-order valence-electron chi connectivity index (χ3n) is 4.96. The van der Waals surface area contributed by atoms with Crippen LogP contribution in [0.2, 0.25) is 0 Å². The summed E-state index contributed by atoms with van der Waals surface area (Å²) in [6, 6.07) is 9.37. The van der Waals surface area contributed by atoms with Gasteiger partial charge in [-0.1, -0.05) is 30.7 Å². The molecule has 1 aromatic carbocycles. The number of aromatic nitrogens is 2. The van der Waals surface area contributed by atoms with Gasteiger partial charge in [-0.05, 0) is 63.4 Å². The van der Waals surface area contributed by atoms with Crippen molar-refractivity contribution >= 4 is 6.47 Å². The normalized spacial score (nSPS) is 15.8. The van der Waals surface area contributed by atoms with Gasteiger partial charge in [0.2, 0.25) is 0 Å². The van der Waals surface area contributed by atoms with E-state index in [1.54, 1.807) is 0 Å². The van der Waals surface area contributed by atoms with Gasteiger partial charge >= 0.3 is 0 Å². The molecule has 1 unspecified atom stereocenters. The van der Waals surface area contributed by atoms with Crippen LogP contribution < -0.4 is 0 Å². The Morgan fingerprint density at radius 3 is 2.32 bits per heavy atom. The number of aryl methyl sites for hydroxylation is 1. The second-order valence-electron chi connectivity index (χ2n) is 6.50. The number of hydrogen-bond donors (Lipinski definition) is 1. The first kappa shape index (κ1) is 19.1. The first-order valence-corrected chi connectivity index (χ1v) is 8.79. The van der Waals surface area contributed by atoms with Crippen molar-refractivity contribution in [3.63, 3.8) is 0 Å². The van der Waals surface area contributed by atoms with E-state index in [4.69, 9.17) is 9.90 Å². The van der Waals surface area contributed by atoms with E-state index in [0.29, 0.717) is 6.04 Å². The molecule has 0 aliphatic carbocycles. The van der Waals surface area contributed by atoms with Gasteiger partial charge in [0.15, 0.2) is 0 Å². The van der Waals surface area contributed by atoms with Crippen LogP contribution in [0.15, 0.2) is 30.5 Å². The van der Waals surface area contributed by atoms with Crippen molar-refractivity contribution in [1.82, 2.24) is 15.1 Å². The van der Waals surface area contributed by atoms with Gasteiger partial charge in [-0.3, -0.25) is 9.69 Å². The van der Waals surface area contributed by atoms with Gasteiger partial charge in [0.1, 0.15) is 0 Å². The molecule has 25 heavy (non-hydrogen) atoms. The van der Waals surface area contributed by atoms with E-state index in [2.05, 4.69) is 60.1 Å². The molecular formula is C20H27N3O2. The summed E-state index contributed by atoms with van der Waals surface area (Å²) in [4.78, 5) is 11.0. The van der Waals surface area contributed by atoms with Crippen molar-refractivity contribution < 1.29 is 9.90 Å². The molecule has 0 bridgehead atoms. The second-order valence-corrected chi connectivity index (χ2v) is 6.50. The largest absolute Gasteiger partial charge is 0.483 e. The third-order valence-corrected chi connectivity index (χ3v) is 4.96. The van der Waals surface area contributed by atoms with Gasteiger partial charge in [0.25, 0.3) is 6.47 Å². The maximum Gasteiger partial charge on any atom is 0.290 e. The molecule has 1 aromatic heterocycles. The standard InChI is InChI=1S/C19H25N3.CH2O2/c1-14-13-20-21-19(15(14)2)18-9-7-17(8-10-18)16(3)22-11-5-4-6-12-22;2-1-3/h7-10,13,16H,4-6,11-12H2,1-3H3;1H,(H,2,3). The summed E-state index contributed by atoms with van der Waals surface area (Å²) in [5.41, 5.74) is 5.95. The molecule has 2 aromatic rings. The van der Waals surface area contributed by atoms with Crippen LogP contribution in [-0.4, -0.2) is 39.8 Å². The monoisotopic (exact) mass is 341 g/mol. The van der Waals surface area contributed by atoms with Crippen LogP contribution in [0, 0.1) is 13.8 Å². The SMILES string of the molecule is Cc1cnnc(-c2ccc(C(C)N3CCCCC3)cc2)c1C.O=CO. The van der Waals surface area contributed by atoms with Crippen molar-refractivity contribution in [2.45, 2.75) is 46.1 Å². The molecule has 134 valence electrons. The smallest absolute Gasteiger partial charge is 0.290 e. The van der Waals surface area contributed by atoms with E-state index in [0.717, 1.165) is 11.3 Å². The van der Waals surface area contributed by atoms with E-state index in [1.807, 2.05) is 6.20 Å². The molecule has 3 rings (SSSR count). The van der Waals surface area contributed by atoms with E-state index in [1.165, 1.54) is 49.0 Å². The highest BCUT2D eigenvalue weighted by atomic mass is 16.3. The number of carbonyl (C=O) groups is 1. The van der Waals surface area contributed by atoms with Gasteiger partial charge in [-0.25, -0.2) is 0 Å². The molecule has 2 heterocycles. The van der Waals surface area contributed by atoms with Crippen molar-refractivity contribution in [3.8, 4) is 11.3 Å². The summed E-state index contributed by atoms with van der Waals surface area (Å²) < 4.78 is 0. The average molecular weight is 341 g/mol. The minimum atomic E-state index is -0.250. The Bertz CT molecular complexity index is 680. The van der Waals surface area contributed by atoms with Crippen LogP contribution in [-0.2, 0) is 4.79 Å². The molecular weight excluding hydrogens is 314 g/mol. The fraction of sp³-hybridized carbons (Fsp3) is 0.450. The zero-order chi connectivity index (χ0) is 18.2. The highest BCUT2D eigenvalue weighted by Gasteiger charge is 2.18. The lowest BCUT2D eigenvalue weighted by Gasteiger charge is -2.32. The summed E-state index contributed by atoms with van der Waals surface area (Å²) in [6.07, 6.45) is 5.88. The topological polar surface area (TPSA) is 66.3 Å². The first-order valence-electron chi connectivity index (χ1n) is 8.79. The maximum absolute atomic E-state index is 8.36. The Morgan fingerprint density at radius 2 is 1.72 bits per heavy atom. The fourth-order valence-corrected chi connectivity index (χ4v) is 3.24. The van der Waals surface area contributed by atoms with Crippen molar-refractivity contribution in [1.29, 1.82) is 0 Å². The molecule has 0 saturated carbocycles. The zero-order valence-corrected chi connectivity index (χ0v) is 15.3. The summed E-state index contributed by atoms with van der Waals surface area (Å²) >= 11 is 0. The van der Waals surface area contributed by atoms with Gasteiger partial charge in [-0.2, -0.15) is 10.2 Å². The number of likely N-dealkylation sites (tertiary alicyclic amines) is 1. The minimum absolute atomic E-state index is 0.250. The summed E-state index contributed by atoms with van der Waals surface area (Å²) in [5.74, 6) is 0. The lowest BCUT2D eigenvalue weighted by molar-refractivity contribution is -0.122. The van der Waals surface area contributed by atoms with Crippen LogP contribution in [0.5, 0.6) is 0 Å². The van der Waals surface area contributed by atoms with E-state index in [9.17, 15) is 0 Å². The zero-order valence-electron chi connectivity index (χ0n) is 15.3. The quantitative estimate of drug-likeness (QED) is 0.855. The highest BCUT2D eigenvalue weighted by molar-refractivity contribution is 5.63. The third kappa shape index (κ3) is 4.86. The molecule has 1 atom stereocenters. The van der Waals surface area contributed by atoms with Crippen LogP contribution in [0.1, 0.15) is 48.9 Å². The number of carboxylic acid groups (broad SMARTS) is 1. The summed E-state index contributed by atoms with van der Waals surface area (Å²) in [7, 11) is 0. The van der Waals surface area contributed by atoms with E-state index < -0.39 is 0 Å². The Kier molecular flexibility index (Phi) is 7.07. The number of nitrogens with zero attached hydrogens (tertiary/aromatic N) is 3. The molecule has 0 spiro atoms. The van der Waals surface area contributed by atoms with E-state index in [-0.39, 0.29) is 6.47 Å². The van der Waals surface area contributed by atoms with Gasteiger partial charge in [0, 0.05) is 11.6 Å². The lowest BCUT2D eigenvalue weighted by atomic mass is 9.99. The Labute approximate surface area is 149 Å². The highest BCUT2D eigenvalue weighted by Crippen LogP contribution is 2.27. The average Bonchev–Trinajstić information content (AvgIpc) is 2.65. The van der Waals surface area contributed by atoms with E-state index >= 15 is 0 Å². The molecule has 0 radical (unpaired) electrons. The first-order chi connectivity index (χ1) is 12.1. The van der Waals surface area contributed by atoms with Crippen molar-refractivity contribution in [2.75, 3.05) is 13.1 Å². The van der Waals surface area contributed by atoms with Gasteiger partial charge in [-0.15, -0.1) is 0 Å². The molecule has 1 aliphatic heterocycles. The molecule has 0 amide bonds. The fourth-order valence-electron chi connectivity index (χ4n) is 3.24. The van der Waals surface area contributed by atoms with Gasteiger partial charge < -0.3 is 5.11 Å². The Hall–Kier alpha value is -2.27. The molecule has 5 nitrogen and oxygen atoms in total.